The largest absolute Gasteiger partial charge is 0.324 e. The molecule has 5 nitrogen and oxygen atoms in total. The van der Waals surface area contributed by atoms with Gasteiger partial charge in [-0.15, -0.1) is 0 Å². The summed E-state index contributed by atoms with van der Waals surface area (Å²) in [5, 5.41) is 3.66. The van der Waals surface area contributed by atoms with Gasteiger partial charge in [0.05, 0.1) is 29.5 Å². The molecule has 7 heteroatoms. The smallest absolute Gasteiger partial charge is 0.280 e. The third kappa shape index (κ3) is 4.24. The number of halogens is 2. The fourth-order valence-corrected chi connectivity index (χ4v) is 3.05. The second-order valence-electron chi connectivity index (χ2n) is 6.42. The predicted octanol–water partition coefficient (Wildman–Crippen LogP) is 4.81. The fraction of sp³-hybridized carbons (Fsp3) is 0.0909. The van der Waals surface area contributed by atoms with Crippen LogP contribution < -0.4 is 5.32 Å². The number of rotatable bonds is 5. The minimum Gasteiger partial charge on any atom is -0.324 e. The molecule has 3 aromatic heterocycles. The summed E-state index contributed by atoms with van der Waals surface area (Å²) in [6, 6.07) is 15.7. The maximum atomic E-state index is 13.0. The molecule has 144 valence electrons. The Morgan fingerprint density at radius 1 is 1.03 bits per heavy atom. The number of hydrogen-bond donors (Lipinski definition) is 1. The van der Waals surface area contributed by atoms with Gasteiger partial charge in [-0.05, 0) is 35.9 Å². The van der Waals surface area contributed by atoms with Gasteiger partial charge in [0.1, 0.15) is 5.69 Å². The second kappa shape index (κ2) is 8.10. The molecule has 29 heavy (non-hydrogen) atoms. The van der Waals surface area contributed by atoms with E-state index in [4.69, 9.17) is 0 Å². The molecule has 0 saturated heterocycles. The van der Waals surface area contributed by atoms with Gasteiger partial charge in [-0.2, -0.15) is 0 Å². The van der Waals surface area contributed by atoms with E-state index in [-0.39, 0.29) is 18.0 Å². The highest BCUT2D eigenvalue weighted by atomic mass is 19.3. The predicted molar refractivity (Wildman–Crippen MR) is 107 cm³/mol. The molecule has 1 amide bonds. The lowest BCUT2D eigenvalue weighted by atomic mass is 10.0. The minimum absolute atomic E-state index is 0.126. The van der Waals surface area contributed by atoms with Gasteiger partial charge in [-0.1, -0.05) is 24.3 Å². The molecule has 0 unspecified atom stereocenters. The molecule has 0 spiro atoms. The topological polar surface area (TPSA) is 67.8 Å². The monoisotopic (exact) mass is 390 g/mol. The Hall–Kier alpha value is -3.74. The van der Waals surface area contributed by atoms with Crippen LogP contribution in [0.2, 0.25) is 0 Å². The Bertz CT molecular complexity index is 1170. The van der Waals surface area contributed by atoms with E-state index in [9.17, 15) is 13.6 Å². The first kappa shape index (κ1) is 18.6. The minimum atomic E-state index is -2.65. The lowest BCUT2D eigenvalue weighted by Gasteiger charge is -2.09. The van der Waals surface area contributed by atoms with Crippen LogP contribution in [0.4, 0.5) is 14.5 Å². The lowest BCUT2D eigenvalue weighted by molar-refractivity contribution is -0.115. The number of alkyl halides is 2. The molecule has 1 N–H and O–H groups in total. The van der Waals surface area contributed by atoms with Crippen molar-refractivity contribution in [2.45, 2.75) is 12.8 Å². The Morgan fingerprint density at radius 3 is 2.72 bits per heavy atom. The number of fused-ring (bicyclic) bond motifs is 1. The number of nitrogens with zero attached hydrogens (tertiary/aromatic N) is 3. The average molecular weight is 390 g/mol. The molecule has 0 bridgehead atoms. The van der Waals surface area contributed by atoms with Gasteiger partial charge in [0.15, 0.2) is 0 Å². The van der Waals surface area contributed by atoms with Gasteiger partial charge in [0.2, 0.25) is 5.91 Å². The molecule has 0 aliphatic rings. The molecular weight excluding hydrogens is 374 g/mol. The summed E-state index contributed by atoms with van der Waals surface area (Å²) in [6.45, 7) is 0. The first-order chi connectivity index (χ1) is 14.1. The van der Waals surface area contributed by atoms with Crippen molar-refractivity contribution in [3.63, 3.8) is 0 Å². The zero-order valence-electron chi connectivity index (χ0n) is 15.2. The SMILES string of the molecule is O=C(Cc1cccc2ccc(-c3ccnc(C(F)F)c3)nc12)Nc1cccnc1. The number of hydrogen-bond acceptors (Lipinski definition) is 4. The van der Waals surface area contributed by atoms with Crippen molar-refractivity contribution < 1.29 is 13.6 Å². The van der Waals surface area contributed by atoms with Crippen LogP contribution in [-0.2, 0) is 11.2 Å². The molecule has 0 radical (unpaired) electrons. The molecule has 0 aliphatic carbocycles. The van der Waals surface area contributed by atoms with Gasteiger partial charge in [0.25, 0.3) is 6.43 Å². The Balaban J connectivity index is 1.66. The highest BCUT2D eigenvalue weighted by molar-refractivity contribution is 5.95. The summed E-state index contributed by atoms with van der Waals surface area (Å²) in [5.41, 5.74) is 2.81. The number of nitrogens with one attached hydrogen (secondary N) is 1. The third-order valence-corrected chi connectivity index (χ3v) is 4.40. The molecule has 4 aromatic rings. The number of para-hydroxylation sites is 1. The summed E-state index contributed by atoms with van der Waals surface area (Å²) in [5.74, 6) is -0.193. The Labute approximate surface area is 165 Å². The highest BCUT2D eigenvalue weighted by Crippen LogP contribution is 2.26. The van der Waals surface area contributed by atoms with Crippen molar-refractivity contribution >= 4 is 22.5 Å². The number of pyridine rings is 3. The molecular formula is C22H16F2N4O. The number of carbonyl (C=O) groups excluding carboxylic acids is 1. The summed E-state index contributed by atoms with van der Waals surface area (Å²) < 4.78 is 25.9. The van der Waals surface area contributed by atoms with Crippen LogP contribution in [0.5, 0.6) is 0 Å². The van der Waals surface area contributed by atoms with E-state index in [0.717, 1.165) is 10.9 Å². The number of anilines is 1. The van der Waals surface area contributed by atoms with E-state index in [0.29, 0.717) is 22.5 Å². The van der Waals surface area contributed by atoms with E-state index in [1.165, 1.54) is 12.3 Å². The molecule has 4 rings (SSSR count). The number of amides is 1. The van der Waals surface area contributed by atoms with Gasteiger partial charge < -0.3 is 5.32 Å². The highest BCUT2D eigenvalue weighted by Gasteiger charge is 2.13. The van der Waals surface area contributed by atoms with Crippen molar-refractivity contribution in [3.05, 3.63) is 84.4 Å². The van der Waals surface area contributed by atoms with Crippen molar-refractivity contribution in [1.29, 1.82) is 0 Å². The first-order valence-corrected chi connectivity index (χ1v) is 8.93. The van der Waals surface area contributed by atoms with E-state index in [2.05, 4.69) is 20.3 Å². The van der Waals surface area contributed by atoms with Gasteiger partial charge >= 0.3 is 0 Å². The van der Waals surface area contributed by atoms with Crippen LogP contribution in [0.1, 0.15) is 17.7 Å². The zero-order valence-corrected chi connectivity index (χ0v) is 15.2. The number of carbonyl (C=O) groups is 1. The Kier molecular flexibility index (Phi) is 5.20. The van der Waals surface area contributed by atoms with E-state index in [1.54, 1.807) is 36.7 Å². The lowest BCUT2D eigenvalue weighted by Crippen LogP contribution is -2.14. The fourth-order valence-electron chi connectivity index (χ4n) is 3.05. The third-order valence-electron chi connectivity index (χ3n) is 4.40. The maximum Gasteiger partial charge on any atom is 0.280 e. The quantitative estimate of drug-likeness (QED) is 0.531. The van der Waals surface area contributed by atoms with Crippen LogP contribution in [0.15, 0.2) is 73.2 Å². The van der Waals surface area contributed by atoms with Crippen molar-refractivity contribution in [2.75, 3.05) is 5.32 Å². The summed E-state index contributed by atoms with van der Waals surface area (Å²) in [7, 11) is 0. The normalized spacial score (nSPS) is 11.0. The molecule has 0 aliphatic heterocycles. The molecule has 0 fully saturated rings. The van der Waals surface area contributed by atoms with E-state index < -0.39 is 6.43 Å². The maximum absolute atomic E-state index is 13.0. The van der Waals surface area contributed by atoms with Crippen LogP contribution in [-0.4, -0.2) is 20.9 Å². The van der Waals surface area contributed by atoms with Crippen LogP contribution in [0, 0.1) is 0 Å². The number of benzene rings is 1. The van der Waals surface area contributed by atoms with E-state index >= 15 is 0 Å². The van der Waals surface area contributed by atoms with Crippen LogP contribution >= 0.6 is 0 Å². The average Bonchev–Trinajstić information content (AvgIpc) is 2.74. The van der Waals surface area contributed by atoms with Crippen LogP contribution in [0.3, 0.4) is 0 Å². The van der Waals surface area contributed by atoms with Crippen LogP contribution in [0.25, 0.3) is 22.2 Å². The van der Waals surface area contributed by atoms with E-state index in [1.807, 2.05) is 24.3 Å². The summed E-state index contributed by atoms with van der Waals surface area (Å²) in [6.07, 6.45) is 2.02. The second-order valence-corrected chi connectivity index (χ2v) is 6.42. The van der Waals surface area contributed by atoms with Crippen molar-refractivity contribution in [1.82, 2.24) is 15.0 Å². The standard InChI is InChI=1S/C22H16F2N4O/c23-22(24)19-11-15(8-10-26-19)18-7-6-14-3-1-4-16(21(14)28-18)12-20(29)27-17-5-2-9-25-13-17/h1-11,13,22H,12H2,(H,27,29). The van der Waals surface area contributed by atoms with Gasteiger partial charge in [0, 0.05) is 23.3 Å². The van der Waals surface area contributed by atoms with Crippen molar-refractivity contribution in [2.24, 2.45) is 0 Å². The van der Waals surface area contributed by atoms with Crippen molar-refractivity contribution in [3.8, 4) is 11.3 Å². The van der Waals surface area contributed by atoms with Gasteiger partial charge in [-0.3, -0.25) is 14.8 Å². The first-order valence-electron chi connectivity index (χ1n) is 8.93. The molecule has 0 atom stereocenters. The Morgan fingerprint density at radius 2 is 1.93 bits per heavy atom. The molecule has 1 aromatic carbocycles. The molecule has 0 saturated carbocycles. The summed E-state index contributed by atoms with van der Waals surface area (Å²) >= 11 is 0. The molecule has 3 heterocycles. The van der Waals surface area contributed by atoms with Gasteiger partial charge in [-0.25, -0.2) is 13.8 Å². The zero-order chi connectivity index (χ0) is 20.2. The summed E-state index contributed by atoms with van der Waals surface area (Å²) in [4.78, 5) is 24.7. The number of aromatic nitrogens is 3.